The first-order valence-corrected chi connectivity index (χ1v) is 14.0. The van der Waals surface area contributed by atoms with Crippen LogP contribution in [0, 0.1) is 6.92 Å². The lowest BCUT2D eigenvalue weighted by Crippen LogP contribution is -2.13. The molecule has 0 saturated heterocycles. The zero-order valence-corrected chi connectivity index (χ0v) is 23.6. The van der Waals surface area contributed by atoms with Crippen LogP contribution in [0.15, 0.2) is 73.2 Å². The number of nitrogens with zero attached hydrogens (tertiary/aromatic N) is 5. The predicted molar refractivity (Wildman–Crippen MR) is 155 cm³/mol. The molecule has 41 heavy (non-hydrogen) atoms. The van der Waals surface area contributed by atoms with Gasteiger partial charge in [-0.1, -0.05) is 61.2 Å². The molecule has 1 aliphatic carbocycles. The Hall–Kier alpha value is -4.39. The normalized spacial score (nSPS) is 13.3. The van der Waals surface area contributed by atoms with Crippen LogP contribution in [-0.4, -0.2) is 30.7 Å². The molecule has 8 nitrogen and oxygen atoms in total. The largest absolute Gasteiger partial charge is 0.487 e. The number of imidazole rings is 1. The molecule has 1 aliphatic rings. The minimum Gasteiger partial charge on any atom is -0.487 e. The van der Waals surface area contributed by atoms with Crippen LogP contribution in [-0.2, 0) is 22.7 Å². The Labute approximate surface area is 243 Å². The van der Waals surface area contributed by atoms with E-state index < -0.39 is 0 Å². The van der Waals surface area contributed by atoms with E-state index in [1.54, 1.807) is 12.4 Å². The molecule has 0 aliphatic heterocycles. The topological polar surface area (TPSA) is 99.9 Å². The van der Waals surface area contributed by atoms with Crippen LogP contribution in [0.1, 0.15) is 60.7 Å². The zero-order chi connectivity index (χ0) is 28.6. The van der Waals surface area contributed by atoms with E-state index >= 15 is 0 Å². The van der Waals surface area contributed by atoms with Gasteiger partial charge in [0.2, 0.25) is 0 Å². The average Bonchev–Trinajstić information content (AvgIpc) is 3.36. The molecule has 5 aromatic rings. The molecule has 2 aromatic carbocycles. The predicted octanol–water partition coefficient (Wildman–Crippen LogP) is 6.94. The lowest BCUT2D eigenvalue weighted by atomic mass is 9.88. The first kappa shape index (κ1) is 28.1. The summed E-state index contributed by atoms with van der Waals surface area (Å²) in [5.41, 5.74) is 6.34. The van der Waals surface area contributed by atoms with Gasteiger partial charge >= 0.3 is 6.15 Å². The molecule has 0 N–H and O–H groups in total. The number of ether oxygens (including phenoxy) is 1. The first-order chi connectivity index (χ1) is 20.0. The van der Waals surface area contributed by atoms with Gasteiger partial charge < -0.3 is 9.30 Å². The van der Waals surface area contributed by atoms with Crippen molar-refractivity contribution in [1.29, 1.82) is 0 Å². The fraction of sp³-hybridized carbons (Fsp3) is 0.281. The summed E-state index contributed by atoms with van der Waals surface area (Å²) in [6.07, 6.45) is 11.6. The highest BCUT2D eigenvalue weighted by Crippen LogP contribution is 2.35. The summed E-state index contributed by atoms with van der Waals surface area (Å²) in [6.45, 7) is 3.21. The second-order valence-corrected chi connectivity index (χ2v) is 10.6. The summed E-state index contributed by atoms with van der Waals surface area (Å²) >= 11 is 5.95. The number of aromatic nitrogens is 5. The maximum atomic E-state index is 8.12. The van der Waals surface area contributed by atoms with Crippen molar-refractivity contribution in [3.8, 4) is 17.1 Å². The monoisotopic (exact) mass is 567 g/mol. The molecular weight excluding hydrogens is 538 g/mol. The number of fused-ring (bicyclic) bond motifs is 1. The van der Waals surface area contributed by atoms with Crippen LogP contribution in [0.4, 0.5) is 0 Å². The van der Waals surface area contributed by atoms with E-state index in [0.717, 1.165) is 40.1 Å². The van der Waals surface area contributed by atoms with Crippen molar-refractivity contribution in [2.75, 3.05) is 0 Å². The first-order valence-electron chi connectivity index (χ1n) is 13.6. The van der Waals surface area contributed by atoms with Gasteiger partial charge in [0.05, 0.1) is 21.7 Å². The lowest BCUT2D eigenvalue weighted by molar-refractivity contribution is -0.191. The molecule has 208 valence electrons. The van der Waals surface area contributed by atoms with Gasteiger partial charge in [0.25, 0.3) is 0 Å². The standard InChI is InChI=1S/C31H30ClN5O.CO2/c1-21-7-12-26(33-16-21)20-38-27-13-14-28-29(15-27)37(31(36-28)24-5-3-2-4-6-24)19-22-8-10-23(11-9-22)30-34-17-25(32)18-35-30;2-1-3/h7-18,24H,2-6,19-20H2,1H3;. The SMILES string of the molecule is Cc1ccc(COc2ccc3nc(C4CCCCC4)n(Cc4ccc(-c5ncc(Cl)cn5)cc4)c3c2)nc1.O=C=O. The maximum Gasteiger partial charge on any atom is 0.373 e. The van der Waals surface area contributed by atoms with Crippen LogP contribution >= 0.6 is 11.6 Å². The molecule has 0 radical (unpaired) electrons. The van der Waals surface area contributed by atoms with E-state index in [0.29, 0.717) is 23.4 Å². The van der Waals surface area contributed by atoms with Crippen LogP contribution in [0.3, 0.4) is 0 Å². The van der Waals surface area contributed by atoms with Crippen LogP contribution in [0.5, 0.6) is 5.75 Å². The van der Waals surface area contributed by atoms with Crippen molar-refractivity contribution < 1.29 is 14.3 Å². The molecule has 0 unspecified atom stereocenters. The molecule has 0 bridgehead atoms. The second kappa shape index (κ2) is 13.3. The highest BCUT2D eigenvalue weighted by molar-refractivity contribution is 6.30. The van der Waals surface area contributed by atoms with Crippen molar-refractivity contribution in [1.82, 2.24) is 24.5 Å². The van der Waals surface area contributed by atoms with Gasteiger partial charge in [-0.2, -0.15) is 9.59 Å². The molecule has 1 fully saturated rings. The van der Waals surface area contributed by atoms with Crippen molar-refractivity contribution >= 4 is 28.8 Å². The fourth-order valence-corrected chi connectivity index (χ4v) is 5.29. The molecule has 3 heterocycles. The highest BCUT2D eigenvalue weighted by atomic mass is 35.5. The van der Waals surface area contributed by atoms with Gasteiger partial charge in [-0.05, 0) is 49.1 Å². The van der Waals surface area contributed by atoms with E-state index in [9.17, 15) is 0 Å². The molecule has 3 aromatic heterocycles. The third kappa shape index (κ3) is 7.04. The summed E-state index contributed by atoms with van der Waals surface area (Å²) in [7, 11) is 0. The Balaban J connectivity index is 0.00000108. The number of hydrogen-bond acceptors (Lipinski definition) is 7. The third-order valence-corrected chi connectivity index (χ3v) is 7.45. The summed E-state index contributed by atoms with van der Waals surface area (Å²) in [5.74, 6) is 3.16. The summed E-state index contributed by atoms with van der Waals surface area (Å²) < 4.78 is 8.53. The molecule has 1 saturated carbocycles. The molecular formula is C32H30ClN5O3. The number of carbonyl (C=O) groups excluding carboxylic acids is 2. The molecule has 0 spiro atoms. The van der Waals surface area contributed by atoms with E-state index in [4.69, 9.17) is 30.9 Å². The van der Waals surface area contributed by atoms with Crippen molar-refractivity contribution in [2.45, 2.75) is 58.1 Å². The van der Waals surface area contributed by atoms with Crippen LogP contribution in [0.25, 0.3) is 22.4 Å². The van der Waals surface area contributed by atoms with Gasteiger partial charge in [-0.15, -0.1) is 0 Å². The van der Waals surface area contributed by atoms with Crippen molar-refractivity contribution in [2.24, 2.45) is 0 Å². The van der Waals surface area contributed by atoms with Gasteiger partial charge in [0.1, 0.15) is 18.2 Å². The highest BCUT2D eigenvalue weighted by Gasteiger charge is 2.23. The average molecular weight is 568 g/mol. The van der Waals surface area contributed by atoms with E-state index in [-0.39, 0.29) is 6.15 Å². The van der Waals surface area contributed by atoms with Gasteiger partial charge in [-0.3, -0.25) is 4.98 Å². The smallest absolute Gasteiger partial charge is 0.373 e. The van der Waals surface area contributed by atoms with E-state index in [1.807, 2.05) is 25.3 Å². The van der Waals surface area contributed by atoms with E-state index in [2.05, 4.69) is 62.0 Å². The number of aryl methyl sites for hydroxylation is 1. The maximum absolute atomic E-state index is 8.12. The third-order valence-electron chi connectivity index (χ3n) is 7.25. The number of rotatable bonds is 7. The molecule has 0 amide bonds. The summed E-state index contributed by atoms with van der Waals surface area (Å²) in [6, 6.07) is 18.7. The Morgan fingerprint density at radius 2 is 1.66 bits per heavy atom. The number of hydrogen-bond donors (Lipinski definition) is 0. The Kier molecular flexibility index (Phi) is 9.14. The summed E-state index contributed by atoms with van der Waals surface area (Å²) in [4.78, 5) is 34.6. The van der Waals surface area contributed by atoms with Crippen molar-refractivity contribution in [3.05, 3.63) is 101 Å². The van der Waals surface area contributed by atoms with Gasteiger partial charge in [0.15, 0.2) is 5.82 Å². The summed E-state index contributed by atoms with van der Waals surface area (Å²) in [5, 5.41) is 0.533. The Morgan fingerprint density at radius 3 is 2.34 bits per heavy atom. The van der Waals surface area contributed by atoms with Crippen LogP contribution < -0.4 is 4.74 Å². The lowest BCUT2D eigenvalue weighted by Gasteiger charge is -2.22. The number of pyridine rings is 1. The molecule has 6 rings (SSSR count). The second-order valence-electron chi connectivity index (χ2n) is 10.2. The fourth-order valence-electron chi connectivity index (χ4n) is 5.19. The Bertz CT molecular complexity index is 1620. The molecule has 0 atom stereocenters. The quantitative estimate of drug-likeness (QED) is 0.210. The number of benzene rings is 2. The van der Waals surface area contributed by atoms with Gasteiger partial charge in [-0.25, -0.2) is 15.0 Å². The van der Waals surface area contributed by atoms with Crippen molar-refractivity contribution in [3.63, 3.8) is 0 Å². The van der Waals surface area contributed by atoms with E-state index in [1.165, 1.54) is 43.5 Å². The van der Waals surface area contributed by atoms with Gasteiger partial charge in [0, 0.05) is 42.7 Å². The molecule has 9 heteroatoms. The Morgan fingerprint density at radius 1 is 0.927 bits per heavy atom. The minimum atomic E-state index is 0.250. The zero-order valence-electron chi connectivity index (χ0n) is 22.8. The number of halogens is 1. The minimum absolute atomic E-state index is 0.250. The van der Waals surface area contributed by atoms with Crippen LogP contribution in [0.2, 0.25) is 5.02 Å².